The zero-order chi connectivity index (χ0) is 9.52. The van der Waals surface area contributed by atoms with Gasteiger partial charge in [-0.2, -0.15) is 0 Å². The molecule has 1 rings (SSSR count). The van der Waals surface area contributed by atoms with Gasteiger partial charge in [-0.1, -0.05) is 42.5 Å². The molecule has 2 heteroatoms. The Morgan fingerprint density at radius 1 is 1.15 bits per heavy atom. The second-order valence-electron chi connectivity index (χ2n) is 2.81. The fraction of sp³-hybridized carbons (Fsp3) is 0.273. The first-order chi connectivity index (χ1) is 6.38. The van der Waals surface area contributed by atoms with Crippen LogP contribution in [0, 0.1) is 0 Å². The maximum absolute atomic E-state index is 9.07. The van der Waals surface area contributed by atoms with Crippen LogP contribution in [0.1, 0.15) is 11.5 Å². The molecular formula is C11H14O2. The predicted molar refractivity (Wildman–Crippen MR) is 52.5 cm³/mol. The molecule has 1 unspecified atom stereocenters. The summed E-state index contributed by atoms with van der Waals surface area (Å²) in [6, 6.07) is 9.73. The average Bonchev–Trinajstić information content (AvgIpc) is 2.21. The maximum atomic E-state index is 9.07. The zero-order valence-electron chi connectivity index (χ0n) is 7.43. The predicted octanol–water partition coefficient (Wildman–Crippen LogP) is 1.31. The van der Waals surface area contributed by atoms with Gasteiger partial charge in [0.1, 0.15) is 0 Å². The molecule has 0 spiro atoms. The molecule has 1 atom stereocenters. The maximum Gasteiger partial charge on any atom is 0.0612 e. The third-order valence-electron chi connectivity index (χ3n) is 1.90. The number of benzene rings is 1. The molecule has 1 aromatic carbocycles. The lowest BCUT2D eigenvalue weighted by molar-refractivity contribution is 0.282. The topological polar surface area (TPSA) is 40.5 Å². The molecule has 0 saturated carbocycles. The molecule has 0 aromatic heterocycles. The summed E-state index contributed by atoms with van der Waals surface area (Å²) in [6.07, 6.45) is 3.46. The fourth-order valence-corrected chi connectivity index (χ4v) is 1.20. The molecule has 0 aliphatic rings. The van der Waals surface area contributed by atoms with Crippen molar-refractivity contribution in [2.24, 2.45) is 0 Å². The second-order valence-corrected chi connectivity index (χ2v) is 2.81. The molecule has 0 fully saturated rings. The van der Waals surface area contributed by atoms with Crippen molar-refractivity contribution in [1.82, 2.24) is 0 Å². The molecule has 0 bridgehead atoms. The Morgan fingerprint density at radius 3 is 2.38 bits per heavy atom. The summed E-state index contributed by atoms with van der Waals surface area (Å²) in [6.45, 7) is 0.0871. The summed E-state index contributed by atoms with van der Waals surface area (Å²) in [7, 11) is 0. The van der Waals surface area contributed by atoms with Crippen molar-refractivity contribution in [2.45, 2.75) is 5.92 Å². The third kappa shape index (κ3) is 3.01. The molecule has 70 valence electrons. The number of rotatable bonds is 4. The highest BCUT2D eigenvalue weighted by atomic mass is 16.3. The Bertz CT molecular complexity index is 254. The van der Waals surface area contributed by atoms with E-state index in [1.54, 1.807) is 6.08 Å². The third-order valence-corrected chi connectivity index (χ3v) is 1.90. The highest BCUT2D eigenvalue weighted by Gasteiger charge is 2.04. The summed E-state index contributed by atoms with van der Waals surface area (Å²) in [5.74, 6) is -0.00616. The van der Waals surface area contributed by atoms with Gasteiger partial charge < -0.3 is 10.2 Å². The van der Waals surface area contributed by atoms with E-state index < -0.39 is 0 Å². The quantitative estimate of drug-likeness (QED) is 0.682. The van der Waals surface area contributed by atoms with E-state index in [1.165, 1.54) is 0 Å². The van der Waals surface area contributed by atoms with Gasteiger partial charge in [0, 0.05) is 5.92 Å². The Hall–Kier alpha value is -1.12. The molecule has 2 nitrogen and oxygen atoms in total. The second kappa shape index (κ2) is 5.51. The Morgan fingerprint density at radius 2 is 1.85 bits per heavy atom. The fourth-order valence-electron chi connectivity index (χ4n) is 1.20. The molecule has 0 saturated heterocycles. The molecule has 0 heterocycles. The molecule has 0 radical (unpaired) electrons. The van der Waals surface area contributed by atoms with E-state index in [9.17, 15) is 0 Å². The molecule has 0 amide bonds. The van der Waals surface area contributed by atoms with Crippen molar-refractivity contribution < 1.29 is 10.2 Å². The Labute approximate surface area is 78.2 Å². The van der Waals surface area contributed by atoms with E-state index >= 15 is 0 Å². The van der Waals surface area contributed by atoms with Crippen LogP contribution in [-0.2, 0) is 0 Å². The highest BCUT2D eigenvalue weighted by molar-refractivity contribution is 5.23. The number of aliphatic hydroxyl groups excluding tert-OH is 2. The van der Waals surface area contributed by atoms with Crippen molar-refractivity contribution in [3.63, 3.8) is 0 Å². The standard InChI is InChI=1S/C11H14O2/c12-8-4-7-11(9-13)10-5-2-1-3-6-10/h1-7,11-13H,8-9H2/b7-4-. The van der Waals surface area contributed by atoms with Crippen LogP contribution in [-0.4, -0.2) is 23.4 Å². The highest BCUT2D eigenvalue weighted by Crippen LogP contribution is 2.15. The van der Waals surface area contributed by atoms with Crippen LogP contribution in [0.15, 0.2) is 42.5 Å². The first-order valence-corrected chi connectivity index (χ1v) is 4.31. The van der Waals surface area contributed by atoms with Gasteiger partial charge in [-0.25, -0.2) is 0 Å². The number of hydrogen-bond acceptors (Lipinski definition) is 2. The lowest BCUT2D eigenvalue weighted by atomic mass is 10.00. The largest absolute Gasteiger partial charge is 0.395 e. The van der Waals surface area contributed by atoms with E-state index in [2.05, 4.69) is 0 Å². The molecule has 1 aromatic rings. The summed E-state index contributed by atoms with van der Waals surface area (Å²) in [5, 5.41) is 17.7. The number of aliphatic hydroxyl groups is 2. The van der Waals surface area contributed by atoms with E-state index in [4.69, 9.17) is 10.2 Å². The summed E-state index contributed by atoms with van der Waals surface area (Å²) in [5.41, 5.74) is 1.06. The normalized spacial score (nSPS) is 13.4. The van der Waals surface area contributed by atoms with Crippen LogP contribution >= 0.6 is 0 Å². The Kier molecular flexibility index (Phi) is 4.23. The monoisotopic (exact) mass is 178 g/mol. The summed E-state index contributed by atoms with van der Waals surface area (Å²) >= 11 is 0. The van der Waals surface area contributed by atoms with Crippen molar-refractivity contribution in [3.05, 3.63) is 48.0 Å². The van der Waals surface area contributed by atoms with E-state index in [0.29, 0.717) is 0 Å². The van der Waals surface area contributed by atoms with Gasteiger partial charge >= 0.3 is 0 Å². The van der Waals surface area contributed by atoms with Crippen molar-refractivity contribution in [1.29, 1.82) is 0 Å². The minimum absolute atomic E-state index is 0.00616. The van der Waals surface area contributed by atoms with Crippen molar-refractivity contribution >= 4 is 0 Å². The lowest BCUT2D eigenvalue weighted by Gasteiger charge is -2.08. The van der Waals surface area contributed by atoms with E-state index in [-0.39, 0.29) is 19.1 Å². The van der Waals surface area contributed by atoms with Crippen LogP contribution in [0.3, 0.4) is 0 Å². The van der Waals surface area contributed by atoms with Crippen molar-refractivity contribution in [3.8, 4) is 0 Å². The average molecular weight is 178 g/mol. The zero-order valence-corrected chi connectivity index (χ0v) is 7.43. The van der Waals surface area contributed by atoms with Gasteiger partial charge in [0.2, 0.25) is 0 Å². The van der Waals surface area contributed by atoms with Gasteiger partial charge in [-0.05, 0) is 5.56 Å². The van der Waals surface area contributed by atoms with Crippen LogP contribution < -0.4 is 0 Å². The SMILES string of the molecule is OC/C=C\C(CO)c1ccccc1. The first kappa shape index (κ1) is 9.96. The lowest BCUT2D eigenvalue weighted by Crippen LogP contribution is -2.00. The van der Waals surface area contributed by atoms with Crippen LogP contribution in [0.4, 0.5) is 0 Å². The van der Waals surface area contributed by atoms with Crippen LogP contribution in [0.2, 0.25) is 0 Å². The van der Waals surface area contributed by atoms with Crippen LogP contribution in [0.25, 0.3) is 0 Å². The van der Waals surface area contributed by atoms with Gasteiger partial charge in [0.05, 0.1) is 13.2 Å². The molecule has 2 N–H and O–H groups in total. The first-order valence-electron chi connectivity index (χ1n) is 4.31. The minimum atomic E-state index is -0.00616. The Balaban J connectivity index is 2.73. The molecule has 0 aliphatic heterocycles. The molecular weight excluding hydrogens is 164 g/mol. The smallest absolute Gasteiger partial charge is 0.0612 e. The van der Waals surface area contributed by atoms with E-state index in [0.717, 1.165) is 5.56 Å². The van der Waals surface area contributed by atoms with Gasteiger partial charge in [-0.3, -0.25) is 0 Å². The minimum Gasteiger partial charge on any atom is -0.395 e. The van der Waals surface area contributed by atoms with Crippen LogP contribution in [0.5, 0.6) is 0 Å². The summed E-state index contributed by atoms with van der Waals surface area (Å²) < 4.78 is 0. The van der Waals surface area contributed by atoms with Gasteiger partial charge in [0.15, 0.2) is 0 Å². The number of hydrogen-bond donors (Lipinski definition) is 2. The van der Waals surface area contributed by atoms with E-state index in [1.807, 2.05) is 36.4 Å². The van der Waals surface area contributed by atoms with Crippen molar-refractivity contribution in [2.75, 3.05) is 13.2 Å². The molecule has 0 aliphatic carbocycles. The van der Waals surface area contributed by atoms with Gasteiger partial charge in [-0.15, -0.1) is 0 Å². The molecule has 13 heavy (non-hydrogen) atoms. The summed E-state index contributed by atoms with van der Waals surface area (Å²) in [4.78, 5) is 0. The van der Waals surface area contributed by atoms with Gasteiger partial charge in [0.25, 0.3) is 0 Å².